The lowest BCUT2D eigenvalue weighted by Crippen LogP contribution is -2.36. The van der Waals surface area contributed by atoms with Crippen LogP contribution in [0, 0.1) is 5.92 Å². The molecule has 1 N–H and O–H groups in total. The fourth-order valence-corrected chi connectivity index (χ4v) is 1.46. The molecule has 0 aliphatic heterocycles. The van der Waals surface area contributed by atoms with E-state index in [4.69, 9.17) is 4.84 Å². The molecule has 2 atom stereocenters. The van der Waals surface area contributed by atoms with Crippen LogP contribution in [0.25, 0.3) is 6.08 Å². The molecule has 0 saturated heterocycles. The molecule has 0 unspecified atom stereocenters. The number of amides is 1. The second-order valence-corrected chi connectivity index (χ2v) is 4.07. The number of aliphatic hydroxyl groups excluding tert-OH is 1. The van der Waals surface area contributed by atoms with E-state index in [0.29, 0.717) is 0 Å². The highest BCUT2D eigenvalue weighted by atomic mass is 16.7. The molecule has 0 bridgehead atoms. The normalized spacial score (nSPS) is 14.4. The molecular weight excluding hydrogens is 230 g/mol. The Kier molecular flexibility index (Phi) is 5.55. The SMILES string of the molecule is CON(C)C(=O)[C@H](C)[C@H](O)/C=C/c1ccccc1. The van der Waals surface area contributed by atoms with Crippen molar-refractivity contribution < 1.29 is 14.7 Å². The maximum absolute atomic E-state index is 11.7. The van der Waals surface area contributed by atoms with E-state index in [1.165, 1.54) is 14.2 Å². The van der Waals surface area contributed by atoms with E-state index in [1.807, 2.05) is 30.3 Å². The van der Waals surface area contributed by atoms with Crippen LogP contribution in [0.2, 0.25) is 0 Å². The van der Waals surface area contributed by atoms with Gasteiger partial charge >= 0.3 is 0 Å². The summed E-state index contributed by atoms with van der Waals surface area (Å²) in [5, 5.41) is 11.0. The fourth-order valence-electron chi connectivity index (χ4n) is 1.46. The number of hydrogen-bond donors (Lipinski definition) is 1. The highest BCUT2D eigenvalue weighted by Gasteiger charge is 2.23. The molecule has 1 aromatic carbocycles. The number of aliphatic hydroxyl groups is 1. The van der Waals surface area contributed by atoms with E-state index < -0.39 is 12.0 Å². The van der Waals surface area contributed by atoms with Gasteiger partial charge in [-0.1, -0.05) is 49.4 Å². The Labute approximate surface area is 107 Å². The molecule has 98 valence electrons. The molecule has 0 fully saturated rings. The minimum atomic E-state index is -0.838. The summed E-state index contributed by atoms with van der Waals surface area (Å²) >= 11 is 0. The Hall–Kier alpha value is -1.65. The first-order chi connectivity index (χ1) is 8.56. The second kappa shape index (κ2) is 6.93. The first-order valence-corrected chi connectivity index (χ1v) is 5.79. The Bertz CT molecular complexity index is 403. The average Bonchev–Trinajstić information content (AvgIpc) is 2.43. The number of rotatable bonds is 5. The van der Waals surface area contributed by atoms with Crippen molar-refractivity contribution in [1.29, 1.82) is 0 Å². The number of hydrogen-bond acceptors (Lipinski definition) is 3. The summed E-state index contributed by atoms with van der Waals surface area (Å²) in [6.45, 7) is 1.66. The zero-order valence-electron chi connectivity index (χ0n) is 10.9. The average molecular weight is 249 g/mol. The van der Waals surface area contributed by atoms with Gasteiger partial charge in [-0.3, -0.25) is 9.63 Å². The third-order valence-corrected chi connectivity index (χ3v) is 2.77. The number of hydroxylamine groups is 2. The van der Waals surface area contributed by atoms with Gasteiger partial charge < -0.3 is 5.11 Å². The monoisotopic (exact) mass is 249 g/mol. The molecule has 0 aliphatic rings. The highest BCUT2D eigenvalue weighted by molar-refractivity contribution is 5.78. The van der Waals surface area contributed by atoms with Crippen LogP contribution in [-0.4, -0.2) is 36.3 Å². The van der Waals surface area contributed by atoms with Crippen molar-refractivity contribution in [2.24, 2.45) is 5.92 Å². The van der Waals surface area contributed by atoms with Gasteiger partial charge in [-0.05, 0) is 5.56 Å². The van der Waals surface area contributed by atoms with Gasteiger partial charge in [0.05, 0.1) is 19.1 Å². The van der Waals surface area contributed by atoms with Gasteiger partial charge in [-0.25, -0.2) is 5.06 Å². The third kappa shape index (κ3) is 3.98. The molecule has 0 aliphatic carbocycles. The molecular formula is C14H19NO3. The van der Waals surface area contributed by atoms with E-state index >= 15 is 0 Å². The molecule has 1 rings (SSSR count). The quantitative estimate of drug-likeness (QED) is 0.808. The standard InChI is InChI=1S/C14H19NO3/c1-11(14(17)15(2)18-3)13(16)10-9-12-7-5-4-6-8-12/h4-11,13,16H,1-3H3/b10-9+/t11-,13-/m1/s1. The van der Waals surface area contributed by atoms with Crippen LogP contribution in [0.15, 0.2) is 36.4 Å². The summed E-state index contributed by atoms with van der Waals surface area (Å²) in [6.07, 6.45) is 2.57. The fraction of sp³-hybridized carbons (Fsp3) is 0.357. The van der Waals surface area contributed by atoms with Crippen molar-refractivity contribution >= 4 is 12.0 Å². The summed E-state index contributed by atoms with van der Waals surface area (Å²) in [5.74, 6) is -0.808. The predicted octanol–water partition coefficient (Wildman–Crippen LogP) is 1.72. The van der Waals surface area contributed by atoms with Crippen LogP contribution in [0.3, 0.4) is 0 Å². The molecule has 1 aromatic rings. The summed E-state index contributed by atoms with van der Waals surface area (Å²) in [4.78, 5) is 16.5. The van der Waals surface area contributed by atoms with Crippen molar-refractivity contribution in [1.82, 2.24) is 5.06 Å². The number of carbonyl (C=O) groups excluding carboxylic acids is 1. The maximum atomic E-state index is 11.7. The van der Waals surface area contributed by atoms with Crippen LogP contribution in [0.1, 0.15) is 12.5 Å². The predicted molar refractivity (Wildman–Crippen MR) is 70.4 cm³/mol. The first-order valence-electron chi connectivity index (χ1n) is 5.79. The van der Waals surface area contributed by atoms with E-state index in [-0.39, 0.29) is 5.91 Å². The summed E-state index contributed by atoms with van der Waals surface area (Å²) in [7, 11) is 2.93. The Morgan fingerprint density at radius 2 is 2.00 bits per heavy atom. The largest absolute Gasteiger partial charge is 0.388 e. The lowest BCUT2D eigenvalue weighted by Gasteiger charge is -2.20. The van der Waals surface area contributed by atoms with Gasteiger partial charge in [0.25, 0.3) is 5.91 Å². The Morgan fingerprint density at radius 1 is 1.39 bits per heavy atom. The minimum absolute atomic E-state index is 0.261. The Balaban J connectivity index is 2.62. The number of nitrogens with zero attached hydrogens (tertiary/aromatic N) is 1. The number of benzene rings is 1. The molecule has 0 aromatic heterocycles. The third-order valence-electron chi connectivity index (χ3n) is 2.77. The van der Waals surface area contributed by atoms with Crippen molar-refractivity contribution in [3.05, 3.63) is 42.0 Å². The van der Waals surface area contributed by atoms with Crippen molar-refractivity contribution in [3.63, 3.8) is 0 Å². The molecule has 1 amide bonds. The molecule has 0 spiro atoms. The minimum Gasteiger partial charge on any atom is -0.388 e. The van der Waals surface area contributed by atoms with Crippen molar-refractivity contribution in [3.8, 4) is 0 Å². The van der Waals surface area contributed by atoms with Gasteiger partial charge in [0.2, 0.25) is 0 Å². The zero-order chi connectivity index (χ0) is 13.5. The summed E-state index contributed by atoms with van der Waals surface area (Å²) in [6, 6.07) is 9.61. The van der Waals surface area contributed by atoms with Gasteiger partial charge in [-0.2, -0.15) is 0 Å². The summed E-state index contributed by atoms with van der Waals surface area (Å²) < 4.78 is 0. The highest BCUT2D eigenvalue weighted by Crippen LogP contribution is 2.10. The lowest BCUT2D eigenvalue weighted by atomic mass is 10.0. The second-order valence-electron chi connectivity index (χ2n) is 4.07. The lowest BCUT2D eigenvalue weighted by molar-refractivity contribution is -0.175. The van der Waals surface area contributed by atoms with Gasteiger partial charge in [0.15, 0.2) is 0 Å². The van der Waals surface area contributed by atoms with E-state index in [9.17, 15) is 9.90 Å². The maximum Gasteiger partial charge on any atom is 0.251 e. The molecule has 4 heteroatoms. The topological polar surface area (TPSA) is 49.8 Å². The Morgan fingerprint density at radius 3 is 2.56 bits per heavy atom. The van der Waals surface area contributed by atoms with E-state index in [1.54, 1.807) is 19.1 Å². The molecule has 0 heterocycles. The van der Waals surface area contributed by atoms with E-state index in [2.05, 4.69) is 0 Å². The van der Waals surface area contributed by atoms with Gasteiger partial charge in [0, 0.05) is 7.05 Å². The zero-order valence-corrected chi connectivity index (χ0v) is 10.9. The van der Waals surface area contributed by atoms with Crippen molar-refractivity contribution in [2.45, 2.75) is 13.0 Å². The van der Waals surface area contributed by atoms with Crippen LogP contribution in [0.4, 0.5) is 0 Å². The molecule has 0 radical (unpaired) electrons. The van der Waals surface area contributed by atoms with Gasteiger partial charge in [-0.15, -0.1) is 0 Å². The summed E-state index contributed by atoms with van der Waals surface area (Å²) in [5.41, 5.74) is 0.983. The van der Waals surface area contributed by atoms with Crippen LogP contribution in [0.5, 0.6) is 0 Å². The smallest absolute Gasteiger partial charge is 0.251 e. The van der Waals surface area contributed by atoms with Crippen molar-refractivity contribution in [2.75, 3.05) is 14.2 Å². The van der Waals surface area contributed by atoms with E-state index in [0.717, 1.165) is 10.6 Å². The number of carbonyl (C=O) groups is 1. The molecule has 4 nitrogen and oxygen atoms in total. The molecule has 18 heavy (non-hydrogen) atoms. The van der Waals surface area contributed by atoms with Gasteiger partial charge in [0.1, 0.15) is 0 Å². The van der Waals surface area contributed by atoms with Crippen LogP contribution in [-0.2, 0) is 9.63 Å². The first kappa shape index (κ1) is 14.4. The van der Waals surface area contributed by atoms with Crippen LogP contribution < -0.4 is 0 Å². The van der Waals surface area contributed by atoms with Crippen LogP contribution >= 0.6 is 0 Å². The molecule has 0 saturated carbocycles.